The molecule has 16 heavy (non-hydrogen) atoms. The molecule has 92 valence electrons. The van der Waals surface area contributed by atoms with Crippen molar-refractivity contribution in [2.24, 2.45) is 7.05 Å². The van der Waals surface area contributed by atoms with Crippen LogP contribution in [-0.4, -0.2) is 15.8 Å². The minimum Gasteiger partial charge on any atom is -0.309 e. The summed E-state index contributed by atoms with van der Waals surface area (Å²) in [5, 5.41) is 8.57. The third-order valence-corrected chi connectivity index (χ3v) is 3.36. The lowest BCUT2D eigenvalue weighted by atomic mass is 10.1. The third kappa shape index (κ3) is 3.49. The van der Waals surface area contributed by atoms with E-state index in [1.54, 1.807) is 0 Å². The quantitative estimate of drug-likeness (QED) is 0.832. The molecule has 1 unspecified atom stereocenters. The fraction of sp³-hybridized carbons (Fsp3) is 0.750. The van der Waals surface area contributed by atoms with Crippen LogP contribution in [0, 0.1) is 6.92 Å². The van der Waals surface area contributed by atoms with Gasteiger partial charge in [-0.15, -0.1) is 0 Å². The van der Waals surface area contributed by atoms with Crippen molar-refractivity contribution in [3.63, 3.8) is 0 Å². The molecule has 0 aliphatic carbocycles. The summed E-state index contributed by atoms with van der Waals surface area (Å²) in [6.45, 7) is 7.16. The van der Waals surface area contributed by atoms with Crippen LogP contribution in [-0.2, 0) is 13.6 Å². The molecule has 1 heterocycles. The first-order valence-electron chi connectivity index (χ1n) is 5.97. The van der Waals surface area contributed by atoms with E-state index >= 15 is 0 Å². The summed E-state index contributed by atoms with van der Waals surface area (Å²) in [4.78, 5) is 0. The van der Waals surface area contributed by atoms with Crippen molar-refractivity contribution in [3.8, 4) is 0 Å². The van der Waals surface area contributed by atoms with Gasteiger partial charge in [0.15, 0.2) is 0 Å². The van der Waals surface area contributed by atoms with Gasteiger partial charge in [-0.3, -0.25) is 4.68 Å². The number of rotatable bonds is 6. The lowest BCUT2D eigenvalue weighted by Gasteiger charge is -2.13. The summed E-state index contributed by atoms with van der Waals surface area (Å²) < 4.78 is 1.86. The molecule has 0 fully saturated rings. The van der Waals surface area contributed by atoms with Crippen molar-refractivity contribution in [2.75, 3.05) is 0 Å². The van der Waals surface area contributed by atoms with Gasteiger partial charge in [0.1, 0.15) is 0 Å². The van der Waals surface area contributed by atoms with Crippen LogP contribution in [0.4, 0.5) is 0 Å². The SMILES string of the molecule is CCCCC(C)NCc1c(Cl)c(C)nn1C. The predicted octanol–water partition coefficient (Wildman–Crippen LogP) is 3.05. The first kappa shape index (κ1) is 13.5. The van der Waals surface area contributed by atoms with Gasteiger partial charge in [0, 0.05) is 19.6 Å². The molecule has 1 atom stereocenters. The molecule has 1 aromatic rings. The average Bonchev–Trinajstić information content (AvgIpc) is 2.48. The highest BCUT2D eigenvalue weighted by atomic mass is 35.5. The van der Waals surface area contributed by atoms with Gasteiger partial charge in [0.05, 0.1) is 16.4 Å². The van der Waals surface area contributed by atoms with Gasteiger partial charge in [-0.1, -0.05) is 31.4 Å². The zero-order valence-electron chi connectivity index (χ0n) is 10.7. The van der Waals surface area contributed by atoms with Crippen LogP contribution in [0.25, 0.3) is 0 Å². The van der Waals surface area contributed by atoms with E-state index in [1.165, 1.54) is 19.3 Å². The molecule has 1 rings (SSSR count). The maximum absolute atomic E-state index is 6.18. The fourth-order valence-corrected chi connectivity index (χ4v) is 1.98. The molecule has 0 bridgehead atoms. The Balaban J connectivity index is 2.48. The molecular weight excluding hydrogens is 222 g/mol. The highest BCUT2D eigenvalue weighted by Crippen LogP contribution is 2.19. The Kier molecular flexibility index (Phi) is 5.29. The molecule has 0 radical (unpaired) electrons. The molecule has 1 N–H and O–H groups in total. The van der Waals surface area contributed by atoms with Crippen LogP contribution in [0.5, 0.6) is 0 Å². The summed E-state index contributed by atoms with van der Waals surface area (Å²) in [6.07, 6.45) is 3.73. The van der Waals surface area contributed by atoms with Crippen LogP contribution in [0.15, 0.2) is 0 Å². The van der Waals surface area contributed by atoms with E-state index in [2.05, 4.69) is 24.3 Å². The van der Waals surface area contributed by atoms with Crippen molar-refractivity contribution in [2.45, 2.75) is 52.6 Å². The number of hydrogen-bond donors (Lipinski definition) is 1. The number of unbranched alkanes of at least 4 members (excludes halogenated alkanes) is 1. The Labute approximate surface area is 103 Å². The third-order valence-electron chi connectivity index (χ3n) is 2.87. The van der Waals surface area contributed by atoms with E-state index < -0.39 is 0 Å². The summed E-state index contributed by atoms with van der Waals surface area (Å²) in [7, 11) is 1.94. The molecule has 1 aromatic heterocycles. The molecule has 0 saturated heterocycles. The Hall–Kier alpha value is -0.540. The summed E-state index contributed by atoms with van der Waals surface area (Å²) in [5.41, 5.74) is 1.98. The smallest absolute Gasteiger partial charge is 0.0860 e. The molecule has 0 aliphatic rings. The van der Waals surface area contributed by atoms with E-state index in [0.29, 0.717) is 6.04 Å². The molecule has 4 heteroatoms. The lowest BCUT2D eigenvalue weighted by Crippen LogP contribution is -2.26. The van der Waals surface area contributed by atoms with Crippen LogP contribution in [0.2, 0.25) is 5.02 Å². The van der Waals surface area contributed by atoms with E-state index in [0.717, 1.165) is 23.0 Å². The minimum atomic E-state index is 0.534. The summed E-state index contributed by atoms with van der Waals surface area (Å²) >= 11 is 6.18. The van der Waals surface area contributed by atoms with Gasteiger partial charge in [0.2, 0.25) is 0 Å². The van der Waals surface area contributed by atoms with E-state index in [4.69, 9.17) is 11.6 Å². The zero-order valence-corrected chi connectivity index (χ0v) is 11.4. The second-order valence-corrected chi connectivity index (χ2v) is 4.77. The number of nitrogens with one attached hydrogen (secondary N) is 1. The first-order chi connectivity index (χ1) is 7.56. The van der Waals surface area contributed by atoms with Gasteiger partial charge >= 0.3 is 0 Å². The highest BCUT2D eigenvalue weighted by Gasteiger charge is 2.11. The monoisotopic (exact) mass is 243 g/mol. The van der Waals surface area contributed by atoms with Gasteiger partial charge < -0.3 is 5.32 Å². The van der Waals surface area contributed by atoms with Crippen LogP contribution in [0.3, 0.4) is 0 Å². The first-order valence-corrected chi connectivity index (χ1v) is 6.35. The van der Waals surface area contributed by atoms with Crippen molar-refractivity contribution in [1.29, 1.82) is 0 Å². The molecule has 3 nitrogen and oxygen atoms in total. The molecule has 0 aromatic carbocycles. The summed E-state index contributed by atoms with van der Waals surface area (Å²) in [6, 6.07) is 0.534. The maximum atomic E-state index is 6.18. The standard InChI is InChI=1S/C12H22ClN3/c1-5-6-7-9(2)14-8-11-12(13)10(3)15-16(11)4/h9,14H,5-8H2,1-4H3. The van der Waals surface area contributed by atoms with Crippen molar-refractivity contribution in [3.05, 3.63) is 16.4 Å². The van der Waals surface area contributed by atoms with Crippen LogP contribution in [0.1, 0.15) is 44.5 Å². The predicted molar refractivity (Wildman–Crippen MR) is 68.8 cm³/mol. The Morgan fingerprint density at radius 1 is 1.50 bits per heavy atom. The Morgan fingerprint density at radius 2 is 2.19 bits per heavy atom. The zero-order chi connectivity index (χ0) is 12.1. The van der Waals surface area contributed by atoms with Gasteiger partial charge in [0.25, 0.3) is 0 Å². The number of nitrogens with zero attached hydrogens (tertiary/aromatic N) is 2. The number of aromatic nitrogens is 2. The highest BCUT2D eigenvalue weighted by molar-refractivity contribution is 6.31. The van der Waals surface area contributed by atoms with Crippen LogP contribution >= 0.6 is 11.6 Å². The topological polar surface area (TPSA) is 29.9 Å². The largest absolute Gasteiger partial charge is 0.309 e. The minimum absolute atomic E-state index is 0.534. The second-order valence-electron chi connectivity index (χ2n) is 4.39. The molecule has 0 spiro atoms. The molecule has 0 aliphatic heterocycles. The normalized spacial score (nSPS) is 13.1. The molecular formula is C12H22ClN3. The van der Waals surface area contributed by atoms with Crippen molar-refractivity contribution >= 4 is 11.6 Å². The second kappa shape index (κ2) is 6.26. The number of aryl methyl sites for hydroxylation is 2. The van der Waals surface area contributed by atoms with E-state index in [1.807, 2.05) is 18.7 Å². The van der Waals surface area contributed by atoms with Gasteiger partial charge in [-0.2, -0.15) is 5.10 Å². The van der Waals surface area contributed by atoms with Crippen molar-refractivity contribution in [1.82, 2.24) is 15.1 Å². The Morgan fingerprint density at radius 3 is 2.69 bits per heavy atom. The van der Waals surface area contributed by atoms with Gasteiger partial charge in [-0.05, 0) is 20.3 Å². The van der Waals surface area contributed by atoms with Gasteiger partial charge in [-0.25, -0.2) is 0 Å². The maximum Gasteiger partial charge on any atom is 0.0860 e. The number of halogens is 1. The number of hydrogen-bond acceptors (Lipinski definition) is 2. The molecule has 0 saturated carbocycles. The van der Waals surface area contributed by atoms with Crippen molar-refractivity contribution < 1.29 is 0 Å². The van der Waals surface area contributed by atoms with E-state index in [-0.39, 0.29) is 0 Å². The lowest BCUT2D eigenvalue weighted by molar-refractivity contribution is 0.483. The van der Waals surface area contributed by atoms with E-state index in [9.17, 15) is 0 Å². The Bertz CT molecular complexity index is 333. The average molecular weight is 244 g/mol. The van der Waals surface area contributed by atoms with Crippen LogP contribution < -0.4 is 5.32 Å². The fourth-order valence-electron chi connectivity index (χ4n) is 1.76. The molecule has 0 amide bonds. The summed E-state index contributed by atoms with van der Waals surface area (Å²) in [5.74, 6) is 0.